The van der Waals surface area contributed by atoms with Gasteiger partial charge in [-0.05, 0) is 62.1 Å². The lowest BCUT2D eigenvalue weighted by Gasteiger charge is -2.39. The van der Waals surface area contributed by atoms with Gasteiger partial charge in [-0.1, -0.05) is 43.7 Å². The molecule has 4 rings (SSSR count). The molecule has 43 heavy (non-hydrogen) atoms. The smallest absolute Gasteiger partial charge is 0.303 e. The molecule has 0 atom stereocenters. The number of amides is 1. The fourth-order valence-electron chi connectivity index (χ4n) is 5.38. The highest BCUT2D eigenvalue weighted by Crippen LogP contribution is 2.36. The molecule has 1 aromatic carbocycles. The van der Waals surface area contributed by atoms with Crippen molar-refractivity contribution in [3.05, 3.63) is 62.0 Å². The number of hydrogen-bond acceptors (Lipinski definition) is 8. The minimum absolute atomic E-state index is 0.0601. The number of nitriles is 1. The largest absolute Gasteiger partial charge is 0.481 e. The molecule has 2 saturated heterocycles. The fourth-order valence-corrected chi connectivity index (χ4v) is 6.67. The first-order valence-corrected chi connectivity index (χ1v) is 15.8. The Morgan fingerprint density at radius 2 is 1.74 bits per heavy atom. The molecular weight excluding hydrogens is 590 g/mol. The van der Waals surface area contributed by atoms with E-state index < -0.39 is 5.97 Å². The van der Waals surface area contributed by atoms with E-state index in [0.717, 1.165) is 18.5 Å². The third-order valence-corrected chi connectivity index (χ3v) is 9.15. The Labute approximate surface area is 260 Å². The maximum Gasteiger partial charge on any atom is 0.303 e. The van der Waals surface area contributed by atoms with Crippen LogP contribution in [0.3, 0.4) is 0 Å². The molecule has 2 aromatic rings. The Morgan fingerprint density at radius 1 is 1.07 bits per heavy atom. The van der Waals surface area contributed by atoms with E-state index in [1.807, 2.05) is 6.92 Å². The summed E-state index contributed by atoms with van der Waals surface area (Å²) in [6.07, 6.45) is 5.31. The number of hydrogen-bond donors (Lipinski definition) is 1. The number of carboxylic acid groups (broad SMARTS) is 1. The standard InChI is InChI=1S/C31H36FN5O4S2/c1-3-4-13-36-28(35-17-15-34(16-18-35)23-11-9-22(32)10-12-23)24(21(2)25(20-33)29(36)40)19-26-30(41)37(31(42)43-26)14-7-5-6-8-27(38)39/h9-12,19H,3-8,13-18H2,1-2H3,(H,38,39)/b26-19+. The molecular formula is C31H36FN5O4S2. The Hall–Kier alpha value is -3.69. The van der Waals surface area contributed by atoms with Crippen molar-refractivity contribution in [2.75, 3.05) is 42.5 Å². The average Bonchev–Trinajstić information content (AvgIpc) is 3.25. The van der Waals surface area contributed by atoms with Crippen molar-refractivity contribution in [1.29, 1.82) is 5.26 Å². The average molecular weight is 626 g/mol. The van der Waals surface area contributed by atoms with Gasteiger partial charge in [-0.15, -0.1) is 0 Å². The van der Waals surface area contributed by atoms with E-state index in [4.69, 9.17) is 17.3 Å². The van der Waals surface area contributed by atoms with Gasteiger partial charge in [0.15, 0.2) is 0 Å². The number of halogens is 1. The number of thioether (sulfide) groups is 1. The molecule has 0 radical (unpaired) electrons. The Balaban J connectivity index is 1.67. The molecule has 2 fully saturated rings. The Kier molecular flexibility index (Phi) is 11.0. The molecule has 0 aliphatic carbocycles. The zero-order chi connectivity index (χ0) is 31.1. The molecule has 1 amide bonds. The first-order chi connectivity index (χ1) is 20.7. The number of thiocarbonyl (C=S) groups is 1. The maximum absolute atomic E-state index is 13.6. The van der Waals surface area contributed by atoms with Crippen LogP contribution in [0.4, 0.5) is 15.9 Å². The monoisotopic (exact) mass is 625 g/mol. The number of carboxylic acids is 1. The predicted octanol–water partition coefficient (Wildman–Crippen LogP) is 5.14. The minimum atomic E-state index is -0.839. The van der Waals surface area contributed by atoms with Gasteiger partial charge in [0, 0.05) is 56.9 Å². The zero-order valence-electron chi connectivity index (χ0n) is 24.5. The van der Waals surface area contributed by atoms with E-state index in [2.05, 4.69) is 15.9 Å². The number of aliphatic carboxylic acids is 1. The molecule has 12 heteroatoms. The molecule has 0 spiro atoms. The van der Waals surface area contributed by atoms with Crippen molar-refractivity contribution in [2.45, 2.75) is 58.9 Å². The highest BCUT2D eigenvalue weighted by Gasteiger charge is 2.33. The molecule has 1 aromatic heterocycles. The minimum Gasteiger partial charge on any atom is -0.481 e. The third kappa shape index (κ3) is 7.46. The van der Waals surface area contributed by atoms with Gasteiger partial charge in [-0.2, -0.15) is 5.26 Å². The van der Waals surface area contributed by atoms with E-state index in [1.165, 1.54) is 23.9 Å². The number of rotatable bonds is 12. The summed E-state index contributed by atoms with van der Waals surface area (Å²) in [5.41, 5.74) is 1.83. The molecule has 2 aliphatic heterocycles. The van der Waals surface area contributed by atoms with Crippen LogP contribution in [0.5, 0.6) is 0 Å². The molecule has 9 nitrogen and oxygen atoms in total. The lowest BCUT2D eigenvalue weighted by atomic mass is 10.0. The number of aromatic nitrogens is 1. The van der Waals surface area contributed by atoms with E-state index in [0.29, 0.717) is 84.7 Å². The van der Waals surface area contributed by atoms with Gasteiger partial charge < -0.3 is 14.9 Å². The third-order valence-electron chi connectivity index (χ3n) is 7.77. The molecule has 228 valence electrons. The number of carbonyl (C=O) groups is 2. The molecule has 1 N–H and O–H groups in total. The first-order valence-electron chi connectivity index (χ1n) is 14.6. The second-order valence-electron chi connectivity index (χ2n) is 10.6. The van der Waals surface area contributed by atoms with Gasteiger partial charge in [0.05, 0.1) is 4.91 Å². The number of nitrogens with zero attached hydrogens (tertiary/aromatic N) is 5. The van der Waals surface area contributed by atoms with E-state index >= 15 is 0 Å². The van der Waals surface area contributed by atoms with Gasteiger partial charge in [0.2, 0.25) is 0 Å². The van der Waals surface area contributed by atoms with E-state index in [-0.39, 0.29) is 29.3 Å². The Bertz CT molecular complexity index is 1510. The van der Waals surface area contributed by atoms with Crippen LogP contribution >= 0.6 is 24.0 Å². The number of piperazine rings is 1. The van der Waals surface area contributed by atoms with Crippen LogP contribution in [0.2, 0.25) is 0 Å². The molecule has 2 aliphatic rings. The number of pyridine rings is 1. The topological polar surface area (TPSA) is 110 Å². The van der Waals surface area contributed by atoms with Gasteiger partial charge in [0.25, 0.3) is 11.5 Å². The lowest BCUT2D eigenvalue weighted by Crippen LogP contribution is -2.48. The van der Waals surface area contributed by atoms with Crippen molar-refractivity contribution < 1.29 is 19.1 Å². The molecule has 0 unspecified atom stereocenters. The van der Waals surface area contributed by atoms with Crippen LogP contribution in [0, 0.1) is 24.1 Å². The number of anilines is 2. The quantitative estimate of drug-likeness (QED) is 0.195. The maximum atomic E-state index is 13.6. The van der Waals surface area contributed by atoms with Crippen molar-refractivity contribution in [3.63, 3.8) is 0 Å². The summed E-state index contributed by atoms with van der Waals surface area (Å²) in [7, 11) is 0. The summed E-state index contributed by atoms with van der Waals surface area (Å²) in [6.45, 7) is 7.11. The normalized spacial score (nSPS) is 16.3. The van der Waals surface area contributed by atoms with Gasteiger partial charge >= 0.3 is 5.97 Å². The first kappa shape index (κ1) is 32.2. The molecule has 3 heterocycles. The van der Waals surface area contributed by atoms with Crippen LogP contribution in [0.15, 0.2) is 34.0 Å². The second-order valence-corrected chi connectivity index (χ2v) is 12.3. The zero-order valence-corrected chi connectivity index (χ0v) is 26.1. The molecule has 0 saturated carbocycles. The SMILES string of the molecule is CCCCn1c(N2CCN(c3ccc(F)cc3)CC2)c(/C=C2/SC(=S)N(CCCCCC(=O)O)C2=O)c(C)c(C#N)c1=O. The summed E-state index contributed by atoms with van der Waals surface area (Å²) in [4.78, 5) is 44.1. The number of carbonyl (C=O) groups excluding carboxylic acids is 1. The lowest BCUT2D eigenvalue weighted by molar-refractivity contribution is -0.137. The van der Waals surface area contributed by atoms with E-state index in [1.54, 1.807) is 34.6 Å². The van der Waals surface area contributed by atoms with Crippen LogP contribution in [0.1, 0.15) is 62.1 Å². The summed E-state index contributed by atoms with van der Waals surface area (Å²) < 4.78 is 15.6. The number of unbranched alkanes of at least 4 members (excludes halogenated alkanes) is 3. The summed E-state index contributed by atoms with van der Waals surface area (Å²) in [5.74, 6) is -0.672. The predicted molar refractivity (Wildman–Crippen MR) is 172 cm³/mol. The summed E-state index contributed by atoms with van der Waals surface area (Å²) >= 11 is 6.72. The van der Waals surface area contributed by atoms with Gasteiger partial charge in [-0.25, -0.2) is 4.39 Å². The van der Waals surface area contributed by atoms with Crippen LogP contribution in [-0.4, -0.2) is 63.5 Å². The highest BCUT2D eigenvalue weighted by atomic mass is 32.2. The highest BCUT2D eigenvalue weighted by molar-refractivity contribution is 8.26. The van der Waals surface area contributed by atoms with Crippen LogP contribution in [-0.2, 0) is 16.1 Å². The van der Waals surface area contributed by atoms with Crippen molar-refractivity contribution >= 4 is 57.8 Å². The number of benzene rings is 1. The second kappa shape index (κ2) is 14.7. The fraction of sp³-hybridized carbons (Fsp3) is 0.452. The van der Waals surface area contributed by atoms with E-state index in [9.17, 15) is 24.0 Å². The Morgan fingerprint density at radius 3 is 2.37 bits per heavy atom. The molecule has 0 bridgehead atoms. The van der Waals surface area contributed by atoms with Crippen molar-refractivity contribution in [1.82, 2.24) is 9.47 Å². The van der Waals surface area contributed by atoms with Crippen molar-refractivity contribution in [2.24, 2.45) is 0 Å². The van der Waals surface area contributed by atoms with Crippen LogP contribution < -0.4 is 15.4 Å². The van der Waals surface area contributed by atoms with Crippen LogP contribution in [0.25, 0.3) is 6.08 Å². The summed E-state index contributed by atoms with van der Waals surface area (Å²) in [6, 6.07) is 8.50. The summed E-state index contributed by atoms with van der Waals surface area (Å²) in [5, 5.41) is 18.8. The van der Waals surface area contributed by atoms with Gasteiger partial charge in [-0.3, -0.25) is 23.9 Å². The van der Waals surface area contributed by atoms with Gasteiger partial charge in [0.1, 0.15) is 27.6 Å². The van der Waals surface area contributed by atoms with Crippen molar-refractivity contribution in [3.8, 4) is 6.07 Å².